The Kier molecular flexibility index (Phi) is 5.96. The lowest BCUT2D eigenvalue weighted by Crippen LogP contribution is -2.29. The molecule has 1 atom stereocenters. The van der Waals surface area contributed by atoms with Gasteiger partial charge in [0.15, 0.2) is 0 Å². The van der Waals surface area contributed by atoms with Gasteiger partial charge in [-0.3, -0.25) is 4.98 Å². The second-order valence-electron chi connectivity index (χ2n) is 6.13. The van der Waals surface area contributed by atoms with E-state index < -0.39 is 0 Å². The molecule has 0 bridgehead atoms. The highest BCUT2D eigenvalue weighted by Crippen LogP contribution is 2.38. The van der Waals surface area contributed by atoms with Gasteiger partial charge in [-0.2, -0.15) is 0 Å². The summed E-state index contributed by atoms with van der Waals surface area (Å²) >= 11 is 0. The van der Waals surface area contributed by atoms with Gasteiger partial charge in [-0.1, -0.05) is 39.0 Å². The van der Waals surface area contributed by atoms with Crippen molar-refractivity contribution in [3.8, 4) is 0 Å². The van der Waals surface area contributed by atoms with Gasteiger partial charge < -0.3 is 5.32 Å². The molecule has 0 saturated heterocycles. The van der Waals surface area contributed by atoms with Gasteiger partial charge in [-0.05, 0) is 43.4 Å². The number of halogens is 1. The summed E-state index contributed by atoms with van der Waals surface area (Å²) in [6, 6.07) is 1.86. The van der Waals surface area contributed by atoms with Crippen LogP contribution in [0.4, 0.5) is 4.39 Å². The van der Waals surface area contributed by atoms with Gasteiger partial charge in [0.25, 0.3) is 0 Å². The third-order valence-electron chi connectivity index (χ3n) is 4.72. The zero-order valence-electron chi connectivity index (χ0n) is 12.7. The van der Waals surface area contributed by atoms with E-state index in [-0.39, 0.29) is 11.9 Å². The lowest BCUT2D eigenvalue weighted by Gasteiger charge is -2.34. The monoisotopic (exact) mass is 278 g/mol. The van der Waals surface area contributed by atoms with Gasteiger partial charge in [0.1, 0.15) is 5.82 Å². The molecule has 2 nitrogen and oxygen atoms in total. The van der Waals surface area contributed by atoms with Crippen LogP contribution >= 0.6 is 0 Å². The highest BCUT2D eigenvalue weighted by atomic mass is 19.1. The van der Waals surface area contributed by atoms with E-state index >= 15 is 0 Å². The first-order chi connectivity index (χ1) is 9.74. The summed E-state index contributed by atoms with van der Waals surface area (Å²) in [6.07, 6.45) is 12.3. The molecule has 1 fully saturated rings. The quantitative estimate of drug-likeness (QED) is 0.830. The van der Waals surface area contributed by atoms with E-state index in [9.17, 15) is 4.39 Å². The van der Waals surface area contributed by atoms with E-state index in [4.69, 9.17) is 0 Å². The Morgan fingerprint density at radius 3 is 2.65 bits per heavy atom. The molecule has 0 radical (unpaired) electrons. The summed E-state index contributed by atoms with van der Waals surface area (Å²) in [7, 11) is 1.97. The van der Waals surface area contributed by atoms with Gasteiger partial charge in [0, 0.05) is 12.2 Å². The number of unbranched alkanes of at least 4 members (excludes halogenated alkanes) is 1. The van der Waals surface area contributed by atoms with Crippen LogP contribution < -0.4 is 5.32 Å². The summed E-state index contributed by atoms with van der Waals surface area (Å²) < 4.78 is 13.3. The van der Waals surface area contributed by atoms with Crippen LogP contribution in [-0.2, 0) is 0 Å². The molecule has 0 amide bonds. The van der Waals surface area contributed by atoms with Crippen LogP contribution in [0.15, 0.2) is 18.5 Å². The number of nitrogens with one attached hydrogen (secondary N) is 1. The highest BCUT2D eigenvalue weighted by molar-refractivity contribution is 5.16. The summed E-state index contributed by atoms with van der Waals surface area (Å²) in [5.41, 5.74) is 0.990. The molecule has 1 aromatic rings. The van der Waals surface area contributed by atoms with Gasteiger partial charge in [0.2, 0.25) is 0 Å². The van der Waals surface area contributed by atoms with Gasteiger partial charge in [0.05, 0.1) is 6.20 Å². The molecular formula is C17H27FN2. The fourth-order valence-electron chi connectivity index (χ4n) is 3.58. The summed E-state index contributed by atoms with van der Waals surface area (Å²) in [4.78, 5) is 3.99. The van der Waals surface area contributed by atoms with Crippen LogP contribution in [0, 0.1) is 17.7 Å². The highest BCUT2D eigenvalue weighted by Gasteiger charge is 2.27. The van der Waals surface area contributed by atoms with Crippen molar-refractivity contribution >= 4 is 0 Å². The maximum Gasteiger partial charge on any atom is 0.141 e. The molecule has 1 heterocycles. The van der Waals surface area contributed by atoms with Crippen LogP contribution in [0.5, 0.6) is 0 Å². The average Bonchev–Trinajstić information content (AvgIpc) is 2.47. The molecule has 1 aliphatic rings. The molecular weight excluding hydrogens is 251 g/mol. The Bertz CT molecular complexity index is 400. The first-order valence-electron chi connectivity index (χ1n) is 8.02. The normalized spacial score (nSPS) is 24.6. The SMILES string of the molecule is CCCCC1CCC(C(NC)c2cncc(F)c2)CC1. The van der Waals surface area contributed by atoms with Crippen molar-refractivity contribution < 1.29 is 4.39 Å². The van der Waals surface area contributed by atoms with E-state index in [0.717, 1.165) is 11.5 Å². The van der Waals surface area contributed by atoms with E-state index in [0.29, 0.717) is 5.92 Å². The minimum atomic E-state index is -0.237. The number of rotatable bonds is 6. The molecule has 0 spiro atoms. The summed E-state index contributed by atoms with van der Waals surface area (Å²) in [5, 5.41) is 3.37. The Morgan fingerprint density at radius 1 is 1.30 bits per heavy atom. The maximum absolute atomic E-state index is 13.3. The summed E-state index contributed by atoms with van der Waals surface area (Å²) in [5.74, 6) is 1.29. The molecule has 20 heavy (non-hydrogen) atoms. The molecule has 1 N–H and O–H groups in total. The maximum atomic E-state index is 13.3. The van der Waals surface area contributed by atoms with Crippen molar-refractivity contribution in [1.29, 1.82) is 0 Å². The number of pyridine rings is 1. The molecule has 1 aromatic heterocycles. The van der Waals surface area contributed by atoms with E-state index in [1.54, 1.807) is 12.3 Å². The Hall–Kier alpha value is -0.960. The van der Waals surface area contributed by atoms with Crippen LogP contribution in [0.3, 0.4) is 0 Å². The fraction of sp³-hybridized carbons (Fsp3) is 0.706. The first-order valence-corrected chi connectivity index (χ1v) is 8.02. The Morgan fingerprint density at radius 2 is 2.05 bits per heavy atom. The van der Waals surface area contributed by atoms with Crippen molar-refractivity contribution in [1.82, 2.24) is 10.3 Å². The molecule has 3 heteroatoms. The Balaban J connectivity index is 1.93. The van der Waals surface area contributed by atoms with E-state index in [1.165, 1.54) is 51.1 Å². The molecule has 2 rings (SSSR count). The number of aromatic nitrogens is 1. The average molecular weight is 278 g/mol. The zero-order chi connectivity index (χ0) is 14.4. The second kappa shape index (κ2) is 7.72. The lowest BCUT2D eigenvalue weighted by atomic mass is 9.75. The molecule has 0 aliphatic heterocycles. The molecule has 1 aliphatic carbocycles. The van der Waals surface area contributed by atoms with Crippen LogP contribution in [-0.4, -0.2) is 12.0 Å². The van der Waals surface area contributed by atoms with Crippen molar-refractivity contribution in [2.75, 3.05) is 7.05 Å². The van der Waals surface area contributed by atoms with Crippen LogP contribution in [0.1, 0.15) is 63.5 Å². The predicted octanol–water partition coefficient (Wildman–Crippen LogP) is 4.48. The van der Waals surface area contributed by atoms with E-state index in [1.807, 2.05) is 7.05 Å². The van der Waals surface area contributed by atoms with Crippen molar-refractivity contribution in [3.63, 3.8) is 0 Å². The fourth-order valence-corrected chi connectivity index (χ4v) is 3.58. The predicted molar refractivity (Wildman–Crippen MR) is 81.0 cm³/mol. The lowest BCUT2D eigenvalue weighted by molar-refractivity contribution is 0.217. The minimum Gasteiger partial charge on any atom is -0.313 e. The minimum absolute atomic E-state index is 0.237. The topological polar surface area (TPSA) is 24.9 Å². The largest absolute Gasteiger partial charge is 0.313 e. The third kappa shape index (κ3) is 4.02. The number of hydrogen-bond acceptors (Lipinski definition) is 2. The van der Waals surface area contributed by atoms with Crippen LogP contribution in [0.2, 0.25) is 0 Å². The molecule has 1 saturated carbocycles. The first kappa shape index (κ1) is 15.4. The van der Waals surface area contributed by atoms with Gasteiger partial charge in [-0.15, -0.1) is 0 Å². The zero-order valence-corrected chi connectivity index (χ0v) is 12.7. The van der Waals surface area contributed by atoms with Crippen molar-refractivity contribution in [2.24, 2.45) is 11.8 Å². The summed E-state index contributed by atoms with van der Waals surface area (Å²) in [6.45, 7) is 2.26. The molecule has 112 valence electrons. The smallest absolute Gasteiger partial charge is 0.141 e. The second-order valence-corrected chi connectivity index (χ2v) is 6.13. The molecule has 0 aromatic carbocycles. The van der Waals surface area contributed by atoms with Crippen molar-refractivity contribution in [2.45, 2.75) is 57.9 Å². The van der Waals surface area contributed by atoms with E-state index in [2.05, 4.69) is 17.2 Å². The number of hydrogen-bond donors (Lipinski definition) is 1. The van der Waals surface area contributed by atoms with Crippen LogP contribution in [0.25, 0.3) is 0 Å². The van der Waals surface area contributed by atoms with Gasteiger partial charge in [-0.25, -0.2) is 4.39 Å². The standard InChI is InChI=1S/C17H27FN2/c1-3-4-5-13-6-8-14(9-7-13)17(19-2)15-10-16(18)12-20-11-15/h10-14,17,19H,3-9H2,1-2H3. The molecule has 1 unspecified atom stereocenters. The van der Waals surface area contributed by atoms with Gasteiger partial charge >= 0.3 is 0 Å². The van der Waals surface area contributed by atoms with Crippen molar-refractivity contribution in [3.05, 3.63) is 29.8 Å². The Labute approximate surface area is 122 Å². The number of nitrogens with zero attached hydrogens (tertiary/aromatic N) is 1. The third-order valence-corrected chi connectivity index (χ3v) is 4.72.